The maximum atomic E-state index is 12.1. The fraction of sp³-hybridized carbons (Fsp3) is 0.0625. The summed E-state index contributed by atoms with van der Waals surface area (Å²) >= 11 is 11.8. The third-order valence-corrected chi connectivity index (χ3v) is 3.86. The number of benzene rings is 2. The van der Waals surface area contributed by atoms with E-state index in [4.69, 9.17) is 27.6 Å². The molecule has 0 fully saturated rings. The Bertz CT molecular complexity index is 931. The van der Waals surface area contributed by atoms with Crippen LogP contribution in [-0.2, 0) is 6.42 Å². The number of phenolic OH excluding ortho intramolecular Hbond substituents is 1. The minimum Gasteiger partial charge on any atom is -0.507 e. The molecule has 0 unspecified atom stereocenters. The Morgan fingerprint density at radius 3 is 2.55 bits per heavy atom. The van der Waals surface area contributed by atoms with E-state index >= 15 is 0 Å². The van der Waals surface area contributed by atoms with Crippen molar-refractivity contribution >= 4 is 34.2 Å². The maximum Gasteiger partial charge on any atom is 0.343 e. The van der Waals surface area contributed by atoms with Gasteiger partial charge in [-0.1, -0.05) is 35.3 Å². The Hall–Kier alpha value is -2.17. The lowest BCUT2D eigenvalue weighted by Gasteiger charge is -2.09. The quantitative estimate of drug-likeness (QED) is 0.691. The summed E-state index contributed by atoms with van der Waals surface area (Å²) in [5.74, 6) is -0.361. The van der Waals surface area contributed by atoms with E-state index in [9.17, 15) is 15.0 Å². The fourth-order valence-electron chi connectivity index (χ4n) is 2.27. The topological polar surface area (TPSA) is 70.7 Å². The van der Waals surface area contributed by atoms with Gasteiger partial charge in [-0.2, -0.15) is 0 Å². The Morgan fingerprint density at radius 1 is 1.05 bits per heavy atom. The molecule has 0 saturated heterocycles. The molecule has 3 aromatic rings. The predicted octanol–water partition coefficient (Wildman–Crippen LogP) is 4.10. The highest BCUT2D eigenvalue weighted by Gasteiger charge is 2.17. The molecular weight excluding hydrogens is 327 g/mol. The number of hydrogen-bond donors (Lipinski definition) is 2. The Kier molecular flexibility index (Phi) is 3.72. The molecule has 0 spiro atoms. The summed E-state index contributed by atoms with van der Waals surface area (Å²) in [5, 5.41) is 21.1. The van der Waals surface area contributed by atoms with Gasteiger partial charge in [0.1, 0.15) is 17.1 Å². The van der Waals surface area contributed by atoms with Gasteiger partial charge in [-0.05, 0) is 24.3 Å². The number of rotatable bonds is 2. The smallest absolute Gasteiger partial charge is 0.343 e. The molecule has 6 heteroatoms. The van der Waals surface area contributed by atoms with E-state index in [0.29, 0.717) is 21.6 Å². The summed E-state index contributed by atoms with van der Waals surface area (Å²) in [6.07, 6.45) is -0.0505. The molecule has 0 amide bonds. The minimum atomic E-state index is -0.674. The summed E-state index contributed by atoms with van der Waals surface area (Å²) in [5.41, 5.74) is -0.0171. The van der Waals surface area contributed by atoms with Crippen LogP contribution in [0.2, 0.25) is 10.0 Å². The second kappa shape index (κ2) is 5.55. The molecular formula is C16H10Cl2O4. The normalized spacial score (nSPS) is 11.0. The maximum absolute atomic E-state index is 12.1. The predicted molar refractivity (Wildman–Crippen MR) is 85.1 cm³/mol. The van der Waals surface area contributed by atoms with Crippen molar-refractivity contribution in [2.24, 2.45) is 0 Å². The van der Waals surface area contributed by atoms with Gasteiger partial charge in [0.2, 0.25) is 0 Å². The average Bonchev–Trinajstić information content (AvgIpc) is 2.48. The molecule has 0 atom stereocenters. The van der Waals surface area contributed by atoms with Crippen LogP contribution in [0, 0.1) is 0 Å². The second-order valence-corrected chi connectivity index (χ2v) is 5.63. The van der Waals surface area contributed by atoms with Crippen LogP contribution >= 0.6 is 23.2 Å². The first-order valence-electron chi connectivity index (χ1n) is 6.38. The van der Waals surface area contributed by atoms with Crippen molar-refractivity contribution in [2.45, 2.75) is 6.42 Å². The Balaban J connectivity index is 2.18. The summed E-state index contributed by atoms with van der Waals surface area (Å²) in [6.45, 7) is 0. The zero-order chi connectivity index (χ0) is 15.9. The lowest BCUT2D eigenvalue weighted by atomic mass is 10.0. The van der Waals surface area contributed by atoms with Crippen LogP contribution in [-0.4, -0.2) is 10.2 Å². The zero-order valence-electron chi connectivity index (χ0n) is 11.1. The molecule has 0 aliphatic rings. The van der Waals surface area contributed by atoms with E-state index in [-0.39, 0.29) is 28.5 Å². The first kappa shape index (κ1) is 14.8. The number of hydrogen-bond acceptors (Lipinski definition) is 4. The molecule has 2 N–H and O–H groups in total. The fourth-order valence-corrected chi connectivity index (χ4v) is 2.81. The molecule has 3 rings (SSSR count). The zero-order valence-corrected chi connectivity index (χ0v) is 12.6. The number of halogens is 2. The number of aromatic hydroxyl groups is 2. The largest absolute Gasteiger partial charge is 0.507 e. The van der Waals surface area contributed by atoms with Crippen LogP contribution in [0.15, 0.2) is 45.6 Å². The van der Waals surface area contributed by atoms with Crippen LogP contribution < -0.4 is 5.63 Å². The number of phenols is 1. The highest BCUT2D eigenvalue weighted by atomic mass is 35.5. The standard InChI is InChI=1S/C16H10Cl2O4/c17-9-5-8(14(19)12(18)7-9)6-11-15(20)10-3-1-2-4-13(10)22-16(11)21/h1-5,7,19-20H,6H2. The number of fused-ring (bicyclic) bond motifs is 1. The molecule has 1 heterocycles. The Labute approximate surface area is 135 Å². The van der Waals surface area contributed by atoms with Crippen molar-refractivity contribution in [3.8, 4) is 11.5 Å². The van der Waals surface area contributed by atoms with Crippen molar-refractivity contribution < 1.29 is 14.6 Å². The first-order valence-corrected chi connectivity index (χ1v) is 7.13. The van der Waals surface area contributed by atoms with E-state index < -0.39 is 5.63 Å². The summed E-state index contributed by atoms with van der Waals surface area (Å²) in [4.78, 5) is 12.1. The molecule has 22 heavy (non-hydrogen) atoms. The summed E-state index contributed by atoms with van der Waals surface area (Å²) in [6, 6.07) is 9.53. The van der Waals surface area contributed by atoms with E-state index in [2.05, 4.69) is 0 Å². The second-order valence-electron chi connectivity index (χ2n) is 4.78. The monoisotopic (exact) mass is 336 g/mol. The van der Waals surface area contributed by atoms with Gasteiger partial charge in [-0.3, -0.25) is 0 Å². The molecule has 2 aromatic carbocycles. The van der Waals surface area contributed by atoms with Crippen molar-refractivity contribution in [2.75, 3.05) is 0 Å². The lowest BCUT2D eigenvalue weighted by molar-refractivity contribution is 0.454. The van der Waals surface area contributed by atoms with Crippen molar-refractivity contribution in [3.63, 3.8) is 0 Å². The van der Waals surface area contributed by atoms with E-state index in [0.717, 1.165) is 0 Å². The van der Waals surface area contributed by atoms with Crippen LogP contribution in [0.5, 0.6) is 11.5 Å². The molecule has 112 valence electrons. The van der Waals surface area contributed by atoms with Crippen LogP contribution in [0.1, 0.15) is 11.1 Å². The van der Waals surface area contributed by atoms with Crippen molar-refractivity contribution in [1.29, 1.82) is 0 Å². The molecule has 0 aliphatic carbocycles. The van der Waals surface area contributed by atoms with Crippen molar-refractivity contribution in [3.05, 3.63) is 68.0 Å². The van der Waals surface area contributed by atoms with E-state index in [1.807, 2.05) is 0 Å². The molecule has 0 saturated carbocycles. The van der Waals surface area contributed by atoms with Crippen molar-refractivity contribution in [1.82, 2.24) is 0 Å². The average molecular weight is 337 g/mol. The Morgan fingerprint density at radius 2 is 1.77 bits per heavy atom. The van der Waals surface area contributed by atoms with Gasteiger partial charge in [-0.15, -0.1) is 0 Å². The van der Waals surface area contributed by atoms with Gasteiger partial charge >= 0.3 is 5.63 Å². The molecule has 0 aliphatic heterocycles. The van der Waals surface area contributed by atoms with Gasteiger partial charge in [-0.25, -0.2) is 4.79 Å². The van der Waals surface area contributed by atoms with Gasteiger partial charge in [0.15, 0.2) is 0 Å². The molecule has 0 bridgehead atoms. The highest BCUT2D eigenvalue weighted by Crippen LogP contribution is 2.34. The SMILES string of the molecule is O=c1oc2ccccc2c(O)c1Cc1cc(Cl)cc(Cl)c1O. The molecule has 0 radical (unpaired) electrons. The number of para-hydroxylation sites is 1. The lowest BCUT2D eigenvalue weighted by Crippen LogP contribution is -2.08. The van der Waals surface area contributed by atoms with Crippen LogP contribution in [0.4, 0.5) is 0 Å². The highest BCUT2D eigenvalue weighted by molar-refractivity contribution is 6.35. The van der Waals surface area contributed by atoms with Gasteiger partial charge in [0.05, 0.1) is 16.0 Å². The van der Waals surface area contributed by atoms with Crippen LogP contribution in [0.25, 0.3) is 11.0 Å². The third-order valence-electron chi connectivity index (χ3n) is 3.35. The van der Waals surface area contributed by atoms with Gasteiger partial charge < -0.3 is 14.6 Å². The third kappa shape index (κ3) is 2.51. The van der Waals surface area contributed by atoms with Gasteiger partial charge in [0, 0.05) is 17.0 Å². The summed E-state index contributed by atoms with van der Waals surface area (Å²) in [7, 11) is 0. The van der Waals surface area contributed by atoms with E-state index in [1.54, 1.807) is 24.3 Å². The molecule has 1 aromatic heterocycles. The van der Waals surface area contributed by atoms with Crippen LogP contribution in [0.3, 0.4) is 0 Å². The van der Waals surface area contributed by atoms with Gasteiger partial charge in [0.25, 0.3) is 0 Å². The molecule has 4 nitrogen and oxygen atoms in total. The summed E-state index contributed by atoms with van der Waals surface area (Å²) < 4.78 is 5.18. The minimum absolute atomic E-state index is 0.0346. The van der Waals surface area contributed by atoms with E-state index in [1.165, 1.54) is 12.1 Å². The first-order chi connectivity index (χ1) is 10.5.